The van der Waals surface area contributed by atoms with Crippen molar-refractivity contribution < 1.29 is 18.9 Å². The van der Waals surface area contributed by atoms with E-state index >= 15 is 0 Å². The summed E-state index contributed by atoms with van der Waals surface area (Å²) in [4.78, 5) is 0. The third-order valence-electron chi connectivity index (χ3n) is 1.34. The lowest BCUT2D eigenvalue weighted by Crippen LogP contribution is -2.12. The molecule has 0 N–H and O–H groups in total. The lowest BCUT2D eigenvalue weighted by Gasteiger charge is -2.17. The molecule has 0 heterocycles. The topological polar surface area (TPSA) is 36.9 Å². The lowest BCUT2D eigenvalue weighted by molar-refractivity contribution is -0.0525. The lowest BCUT2D eigenvalue weighted by atomic mass is 10.5. The van der Waals surface area contributed by atoms with Crippen LogP contribution in [0.3, 0.4) is 0 Å². The molecule has 0 rings (SSSR count). The molecule has 0 aliphatic rings. The average molecular weight is 218 g/mol. The summed E-state index contributed by atoms with van der Waals surface area (Å²) < 4.78 is 21.4. The van der Waals surface area contributed by atoms with Crippen LogP contribution in [0.25, 0.3) is 0 Å². The zero-order valence-electron chi connectivity index (χ0n) is 10.3. The van der Waals surface area contributed by atoms with Gasteiger partial charge in [-0.05, 0) is 34.6 Å². The van der Waals surface area contributed by atoms with Gasteiger partial charge in [-0.15, -0.1) is 0 Å². The molecule has 0 radical (unpaired) electrons. The summed E-state index contributed by atoms with van der Waals surface area (Å²) in [6.45, 7) is 11.1. The van der Waals surface area contributed by atoms with Gasteiger partial charge in [0.05, 0.1) is 25.9 Å². The summed E-state index contributed by atoms with van der Waals surface area (Å²) in [5.74, 6) is 0.659. The van der Waals surface area contributed by atoms with Gasteiger partial charge in [-0.3, -0.25) is 0 Å². The first kappa shape index (κ1) is 13.9. The van der Waals surface area contributed by atoms with Crippen LogP contribution in [-0.4, -0.2) is 25.9 Å². The van der Waals surface area contributed by atoms with Gasteiger partial charge in [0, 0.05) is 0 Å². The number of hydrogen-bond acceptors (Lipinski definition) is 4. The Hall–Kier alpha value is -1.06. The minimum atomic E-state index is 0.0301. The fourth-order valence-electron chi connectivity index (χ4n) is 0.908. The molecule has 0 saturated carbocycles. The zero-order chi connectivity index (χ0) is 11.7. The number of hydrogen-bond donors (Lipinski definition) is 0. The molecule has 0 aromatic heterocycles. The molecule has 0 aromatic rings. The SMILES string of the molecule is CCOC(OCC)=C(OCC)OC(C)C. The Bertz CT molecular complexity index is 179. The van der Waals surface area contributed by atoms with Gasteiger partial charge in [0.1, 0.15) is 0 Å². The van der Waals surface area contributed by atoms with Crippen LogP contribution in [0.5, 0.6) is 0 Å². The van der Waals surface area contributed by atoms with Crippen LogP contribution in [0.4, 0.5) is 0 Å². The van der Waals surface area contributed by atoms with Crippen molar-refractivity contribution in [3.8, 4) is 0 Å². The van der Waals surface area contributed by atoms with Crippen molar-refractivity contribution in [3.63, 3.8) is 0 Å². The molecule has 0 aliphatic heterocycles. The smallest absolute Gasteiger partial charge is 0.364 e. The van der Waals surface area contributed by atoms with Gasteiger partial charge in [-0.25, -0.2) is 0 Å². The van der Waals surface area contributed by atoms with Crippen LogP contribution in [-0.2, 0) is 18.9 Å². The Balaban J connectivity index is 4.61. The van der Waals surface area contributed by atoms with E-state index in [1.54, 1.807) is 0 Å². The van der Waals surface area contributed by atoms with E-state index in [-0.39, 0.29) is 6.10 Å². The second-order valence-corrected chi connectivity index (χ2v) is 3.04. The van der Waals surface area contributed by atoms with E-state index in [1.807, 2.05) is 34.6 Å². The van der Waals surface area contributed by atoms with Crippen molar-refractivity contribution >= 4 is 0 Å². The predicted molar refractivity (Wildman–Crippen MR) is 58.1 cm³/mol. The van der Waals surface area contributed by atoms with Gasteiger partial charge in [-0.1, -0.05) is 0 Å². The van der Waals surface area contributed by atoms with Crippen molar-refractivity contribution in [1.29, 1.82) is 0 Å². The van der Waals surface area contributed by atoms with E-state index in [9.17, 15) is 0 Å². The van der Waals surface area contributed by atoms with Crippen LogP contribution in [0.15, 0.2) is 11.9 Å². The second-order valence-electron chi connectivity index (χ2n) is 3.04. The van der Waals surface area contributed by atoms with Gasteiger partial charge >= 0.3 is 11.9 Å². The molecule has 90 valence electrons. The van der Waals surface area contributed by atoms with Crippen LogP contribution in [0.2, 0.25) is 0 Å². The summed E-state index contributed by atoms with van der Waals surface area (Å²) in [6.07, 6.45) is 0.0301. The normalized spacial score (nSPS) is 9.73. The van der Waals surface area contributed by atoms with Gasteiger partial charge in [-0.2, -0.15) is 0 Å². The largest absolute Gasteiger partial charge is 0.461 e. The highest BCUT2D eigenvalue weighted by Gasteiger charge is 2.14. The monoisotopic (exact) mass is 218 g/mol. The molecule has 4 nitrogen and oxygen atoms in total. The van der Waals surface area contributed by atoms with Crippen LogP contribution in [0.1, 0.15) is 34.6 Å². The summed E-state index contributed by atoms with van der Waals surface area (Å²) in [5.41, 5.74) is 0. The Morgan fingerprint density at radius 2 is 1.20 bits per heavy atom. The molecular weight excluding hydrogens is 196 g/mol. The fraction of sp³-hybridized carbons (Fsp3) is 0.818. The highest BCUT2D eigenvalue weighted by atomic mass is 16.7. The number of ether oxygens (including phenoxy) is 4. The number of rotatable bonds is 8. The Morgan fingerprint density at radius 1 is 0.800 bits per heavy atom. The van der Waals surface area contributed by atoms with Gasteiger partial charge in [0.2, 0.25) is 0 Å². The molecule has 4 heteroatoms. The minimum absolute atomic E-state index is 0.0301. The van der Waals surface area contributed by atoms with Crippen LogP contribution >= 0.6 is 0 Å². The molecule has 0 amide bonds. The quantitative estimate of drug-likeness (QED) is 0.587. The first-order chi connectivity index (χ1) is 7.15. The van der Waals surface area contributed by atoms with Gasteiger partial charge in [0.25, 0.3) is 0 Å². The Labute approximate surface area is 92.2 Å². The highest BCUT2D eigenvalue weighted by Crippen LogP contribution is 2.13. The van der Waals surface area contributed by atoms with Crippen molar-refractivity contribution in [1.82, 2.24) is 0 Å². The maximum absolute atomic E-state index is 5.47. The standard InChI is InChI=1S/C11H22O4/c1-6-12-10(13-7-2)11(14-8-3)15-9(4)5/h9H,6-8H2,1-5H3. The first-order valence-corrected chi connectivity index (χ1v) is 5.44. The van der Waals surface area contributed by atoms with E-state index in [1.165, 1.54) is 0 Å². The van der Waals surface area contributed by atoms with E-state index in [0.717, 1.165) is 0 Å². The van der Waals surface area contributed by atoms with Crippen molar-refractivity contribution in [3.05, 3.63) is 11.9 Å². The maximum Gasteiger partial charge on any atom is 0.364 e. The van der Waals surface area contributed by atoms with Crippen molar-refractivity contribution in [2.75, 3.05) is 19.8 Å². The molecule has 0 atom stereocenters. The molecular formula is C11H22O4. The average Bonchev–Trinajstić information content (AvgIpc) is 2.16. The summed E-state index contributed by atoms with van der Waals surface area (Å²) in [5, 5.41) is 0. The van der Waals surface area contributed by atoms with E-state index in [0.29, 0.717) is 31.7 Å². The molecule has 0 unspecified atom stereocenters. The second kappa shape index (κ2) is 8.26. The van der Waals surface area contributed by atoms with Gasteiger partial charge in [0.15, 0.2) is 0 Å². The molecule has 0 fully saturated rings. The summed E-state index contributed by atoms with van der Waals surface area (Å²) in [6, 6.07) is 0. The van der Waals surface area contributed by atoms with Crippen LogP contribution in [0, 0.1) is 0 Å². The third kappa shape index (κ3) is 6.10. The highest BCUT2D eigenvalue weighted by molar-refractivity contribution is 4.86. The predicted octanol–water partition coefficient (Wildman–Crippen LogP) is 2.65. The Morgan fingerprint density at radius 3 is 1.53 bits per heavy atom. The van der Waals surface area contributed by atoms with Gasteiger partial charge < -0.3 is 18.9 Å². The maximum atomic E-state index is 5.47. The zero-order valence-corrected chi connectivity index (χ0v) is 10.3. The summed E-state index contributed by atoms with van der Waals surface area (Å²) >= 11 is 0. The van der Waals surface area contributed by atoms with Crippen molar-refractivity contribution in [2.24, 2.45) is 0 Å². The van der Waals surface area contributed by atoms with E-state index in [2.05, 4.69) is 0 Å². The molecule has 0 saturated heterocycles. The van der Waals surface area contributed by atoms with Crippen molar-refractivity contribution in [2.45, 2.75) is 40.7 Å². The molecule has 0 aliphatic carbocycles. The molecule has 0 aromatic carbocycles. The summed E-state index contributed by atoms with van der Waals surface area (Å²) in [7, 11) is 0. The first-order valence-electron chi connectivity index (χ1n) is 5.44. The third-order valence-corrected chi connectivity index (χ3v) is 1.34. The van der Waals surface area contributed by atoms with E-state index < -0.39 is 0 Å². The Kier molecular flexibility index (Phi) is 7.68. The molecule has 0 bridgehead atoms. The van der Waals surface area contributed by atoms with Crippen LogP contribution < -0.4 is 0 Å². The molecule has 15 heavy (non-hydrogen) atoms. The van der Waals surface area contributed by atoms with E-state index in [4.69, 9.17) is 18.9 Å². The minimum Gasteiger partial charge on any atom is -0.461 e. The molecule has 0 spiro atoms. The fourth-order valence-corrected chi connectivity index (χ4v) is 0.908.